The van der Waals surface area contributed by atoms with Gasteiger partial charge in [-0.25, -0.2) is 0 Å². The van der Waals surface area contributed by atoms with E-state index in [1.165, 1.54) is 10.9 Å². The molecule has 1 N–H and O–H groups in total. The lowest BCUT2D eigenvalue weighted by Crippen LogP contribution is -2.24. The maximum absolute atomic E-state index is 12.1. The van der Waals surface area contributed by atoms with Gasteiger partial charge in [0.15, 0.2) is 0 Å². The van der Waals surface area contributed by atoms with Gasteiger partial charge in [0.05, 0.1) is 11.2 Å². The SMILES string of the molecule is Cc1c(Cl)cccc1NC(=O)C(C)n1cc(Cl)cn1. The first-order valence-electron chi connectivity index (χ1n) is 5.74. The van der Waals surface area contributed by atoms with Crippen molar-refractivity contribution in [1.82, 2.24) is 9.78 Å². The fourth-order valence-electron chi connectivity index (χ4n) is 1.63. The van der Waals surface area contributed by atoms with Gasteiger partial charge in [-0.05, 0) is 31.5 Å². The fraction of sp³-hybridized carbons (Fsp3) is 0.231. The third-order valence-corrected chi connectivity index (χ3v) is 3.48. The van der Waals surface area contributed by atoms with Crippen LogP contribution in [0.15, 0.2) is 30.6 Å². The van der Waals surface area contributed by atoms with Crippen molar-refractivity contribution >= 4 is 34.8 Å². The van der Waals surface area contributed by atoms with Crippen LogP contribution in [0.1, 0.15) is 18.5 Å². The van der Waals surface area contributed by atoms with Crippen molar-refractivity contribution in [1.29, 1.82) is 0 Å². The molecule has 2 aromatic rings. The van der Waals surface area contributed by atoms with E-state index in [0.717, 1.165) is 5.56 Å². The second-order valence-electron chi connectivity index (χ2n) is 4.22. The molecule has 1 aromatic heterocycles. The summed E-state index contributed by atoms with van der Waals surface area (Å²) in [4.78, 5) is 12.1. The average Bonchev–Trinajstić information content (AvgIpc) is 2.80. The molecule has 0 fully saturated rings. The monoisotopic (exact) mass is 297 g/mol. The summed E-state index contributed by atoms with van der Waals surface area (Å²) in [7, 11) is 0. The molecule has 0 saturated carbocycles. The topological polar surface area (TPSA) is 46.9 Å². The van der Waals surface area contributed by atoms with E-state index >= 15 is 0 Å². The third kappa shape index (κ3) is 3.08. The van der Waals surface area contributed by atoms with Gasteiger partial charge in [0.25, 0.3) is 0 Å². The van der Waals surface area contributed by atoms with E-state index in [-0.39, 0.29) is 5.91 Å². The predicted octanol–water partition coefficient (Wildman–Crippen LogP) is 3.70. The van der Waals surface area contributed by atoms with Crippen molar-refractivity contribution < 1.29 is 4.79 Å². The Morgan fingerprint density at radius 3 is 2.79 bits per heavy atom. The number of benzene rings is 1. The number of nitrogens with one attached hydrogen (secondary N) is 1. The summed E-state index contributed by atoms with van der Waals surface area (Å²) in [6.45, 7) is 3.60. The normalized spacial score (nSPS) is 12.2. The second kappa shape index (κ2) is 5.63. The minimum atomic E-state index is -0.453. The molecule has 1 unspecified atom stereocenters. The molecule has 1 heterocycles. The third-order valence-electron chi connectivity index (χ3n) is 2.87. The van der Waals surface area contributed by atoms with E-state index in [1.807, 2.05) is 13.0 Å². The molecule has 0 spiro atoms. The predicted molar refractivity (Wildman–Crippen MR) is 76.8 cm³/mol. The smallest absolute Gasteiger partial charge is 0.248 e. The number of nitrogens with zero attached hydrogens (tertiary/aromatic N) is 2. The Balaban J connectivity index is 2.15. The van der Waals surface area contributed by atoms with Crippen LogP contribution in [0.3, 0.4) is 0 Å². The minimum Gasteiger partial charge on any atom is -0.324 e. The molecular formula is C13H13Cl2N3O. The van der Waals surface area contributed by atoms with Crippen LogP contribution in [-0.2, 0) is 4.79 Å². The molecule has 1 amide bonds. The first-order chi connectivity index (χ1) is 8.99. The van der Waals surface area contributed by atoms with E-state index < -0.39 is 6.04 Å². The van der Waals surface area contributed by atoms with Crippen LogP contribution >= 0.6 is 23.2 Å². The van der Waals surface area contributed by atoms with Crippen LogP contribution in [0.2, 0.25) is 10.0 Å². The molecule has 4 nitrogen and oxygen atoms in total. The number of rotatable bonds is 3. The maximum Gasteiger partial charge on any atom is 0.248 e. The molecule has 0 radical (unpaired) electrons. The molecule has 6 heteroatoms. The fourth-order valence-corrected chi connectivity index (χ4v) is 1.95. The lowest BCUT2D eigenvalue weighted by molar-refractivity contribution is -0.119. The Kier molecular flexibility index (Phi) is 4.12. The largest absolute Gasteiger partial charge is 0.324 e. The van der Waals surface area contributed by atoms with Gasteiger partial charge < -0.3 is 5.32 Å². The Hall–Kier alpha value is -1.52. The van der Waals surface area contributed by atoms with Crippen molar-refractivity contribution in [3.63, 3.8) is 0 Å². The van der Waals surface area contributed by atoms with E-state index in [1.54, 1.807) is 25.3 Å². The molecule has 1 atom stereocenters. The Bertz CT molecular complexity index is 610. The van der Waals surface area contributed by atoms with Gasteiger partial charge in [-0.15, -0.1) is 0 Å². The summed E-state index contributed by atoms with van der Waals surface area (Å²) in [5.41, 5.74) is 1.53. The van der Waals surface area contributed by atoms with Crippen LogP contribution < -0.4 is 5.32 Å². The van der Waals surface area contributed by atoms with Gasteiger partial charge in [-0.2, -0.15) is 5.10 Å². The van der Waals surface area contributed by atoms with Crippen LogP contribution in [0.25, 0.3) is 0 Å². The van der Waals surface area contributed by atoms with E-state index in [0.29, 0.717) is 15.7 Å². The van der Waals surface area contributed by atoms with Gasteiger partial charge >= 0.3 is 0 Å². The molecule has 1 aromatic carbocycles. The summed E-state index contributed by atoms with van der Waals surface area (Å²) in [6.07, 6.45) is 3.10. The summed E-state index contributed by atoms with van der Waals surface area (Å²) < 4.78 is 1.51. The van der Waals surface area contributed by atoms with Gasteiger partial charge in [0.2, 0.25) is 5.91 Å². The highest BCUT2D eigenvalue weighted by Gasteiger charge is 2.17. The number of aromatic nitrogens is 2. The quantitative estimate of drug-likeness (QED) is 0.939. The zero-order valence-electron chi connectivity index (χ0n) is 10.5. The van der Waals surface area contributed by atoms with Crippen LogP contribution in [0, 0.1) is 6.92 Å². The number of hydrogen-bond acceptors (Lipinski definition) is 2. The lowest BCUT2D eigenvalue weighted by Gasteiger charge is -2.14. The number of halogens is 2. The standard InChI is InChI=1S/C13H13Cl2N3O/c1-8-11(15)4-3-5-12(8)17-13(19)9(2)18-7-10(14)6-16-18/h3-7,9H,1-2H3,(H,17,19). The molecule has 0 bridgehead atoms. The highest BCUT2D eigenvalue weighted by Crippen LogP contribution is 2.23. The molecule has 100 valence electrons. The Morgan fingerprint density at radius 1 is 1.42 bits per heavy atom. The van der Waals surface area contributed by atoms with E-state index in [9.17, 15) is 4.79 Å². The number of carbonyl (C=O) groups is 1. The van der Waals surface area contributed by atoms with Gasteiger partial charge in [-0.1, -0.05) is 29.3 Å². The number of anilines is 1. The second-order valence-corrected chi connectivity index (χ2v) is 5.06. The Morgan fingerprint density at radius 2 is 2.16 bits per heavy atom. The molecule has 0 aliphatic heterocycles. The van der Waals surface area contributed by atoms with Gasteiger partial charge in [0, 0.05) is 16.9 Å². The zero-order valence-corrected chi connectivity index (χ0v) is 12.0. The highest BCUT2D eigenvalue weighted by atomic mass is 35.5. The summed E-state index contributed by atoms with van der Waals surface area (Å²) >= 11 is 11.8. The van der Waals surface area contributed by atoms with E-state index in [4.69, 9.17) is 23.2 Å². The van der Waals surface area contributed by atoms with Crippen molar-refractivity contribution in [2.24, 2.45) is 0 Å². The molecular weight excluding hydrogens is 285 g/mol. The van der Waals surface area contributed by atoms with Crippen molar-refractivity contribution in [2.45, 2.75) is 19.9 Å². The van der Waals surface area contributed by atoms with Crippen molar-refractivity contribution in [3.8, 4) is 0 Å². The number of carbonyl (C=O) groups excluding carboxylic acids is 1. The van der Waals surface area contributed by atoms with Crippen molar-refractivity contribution in [3.05, 3.63) is 46.2 Å². The Labute approximate surface area is 121 Å². The average molecular weight is 298 g/mol. The number of hydrogen-bond donors (Lipinski definition) is 1. The van der Waals surface area contributed by atoms with Crippen LogP contribution in [0.5, 0.6) is 0 Å². The molecule has 0 saturated heterocycles. The van der Waals surface area contributed by atoms with Gasteiger partial charge in [-0.3, -0.25) is 9.48 Å². The molecule has 19 heavy (non-hydrogen) atoms. The molecule has 0 aliphatic rings. The molecule has 0 aliphatic carbocycles. The summed E-state index contributed by atoms with van der Waals surface area (Å²) in [6, 6.07) is 4.93. The minimum absolute atomic E-state index is 0.176. The first-order valence-corrected chi connectivity index (χ1v) is 6.50. The van der Waals surface area contributed by atoms with E-state index in [2.05, 4.69) is 10.4 Å². The summed E-state index contributed by atoms with van der Waals surface area (Å²) in [5.74, 6) is -0.176. The van der Waals surface area contributed by atoms with Crippen molar-refractivity contribution in [2.75, 3.05) is 5.32 Å². The lowest BCUT2D eigenvalue weighted by atomic mass is 10.2. The summed E-state index contributed by atoms with van der Waals surface area (Å²) in [5, 5.41) is 7.96. The van der Waals surface area contributed by atoms with Crippen LogP contribution in [-0.4, -0.2) is 15.7 Å². The van der Waals surface area contributed by atoms with Crippen LogP contribution in [0.4, 0.5) is 5.69 Å². The first kappa shape index (κ1) is 13.9. The maximum atomic E-state index is 12.1. The number of amides is 1. The zero-order chi connectivity index (χ0) is 14.0. The highest BCUT2D eigenvalue weighted by molar-refractivity contribution is 6.31. The van der Waals surface area contributed by atoms with Gasteiger partial charge in [0.1, 0.15) is 6.04 Å². The molecule has 2 rings (SSSR count).